The summed E-state index contributed by atoms with van der Waals surface area (Å²) in [5.74, 6) is 0.575. The van der Waals surface area contributed by atoms with Gasteiger partial charge in [-0.25, -0.2) is 5.43 Å². The Morgan fingerprint density at radius 1 is 1.18 bits per heavy atom. The number of rotatable bonds is 10. The zero-order valence-electron chi connectivity index (χ0n) is 18.2. The van der Waals surface area contributed by atoms with Crippen LogP contribution in [0.3, 0.4) is 0 Å². The van der Waals surface area contributed by atoms with Gasteiger partial charge in [-0.2, -0.15) is 5.10 Å². The van der Waals surface area contributed by atoms with Crippen LogP contribution >= 0.6 is 27.5 Å². The summed E-state index contributed by atoms with van der Waals surface area (Å²) in [7, 11) is 0. The first-order chi connectivity index (χ1) is 16.4. The first-order valence-corrected chi connectivity index (χ1v) is 11.4. The van der Waals surface area contributed by atoms with E-state index in [0.717, 1.165) is 5.56 Å². The van der Waals surface area contributed by atoms with E-state index in [2.05, 4.69) is 26.5 Å². The molecular formula is C24H21BrClN3O5. The zero-order chi connectivity index (χ0) is 24.5. The van der Waals surface area contributed by atoms with Crippen molar-refractivity contribution in [1.29, 1.82) is 0 Å². The van der Waals surface area contributed by atoms with Crippen LogP contribution in [0.2, 0.25) is 5.02 Å². The van der Waals surface area contributed by atoms with Crippen molar-refractivity contribution >= 4 is 45.3 Å². The Morgan fingerprint density at radius 2 is 1.91 bits per heavy atom. The summed E-state index contributed by atoms with van der Waals surface area (Å²) < 4.78 is 12.3. The Hall–Kier alpha value is -3.43. The van der Waals surface area contributed by atoms with Gasteiger partial charge >= 0.3 is 0 Å². The molecule has 0 atom stereocenters. The quantitative estimate of drug-likeness (QED) is 0.200. The van der Waals surface area contributed by atoms with Crippen molar-refractivity contribution in [3.8, 4) is 11.5 Å². The number of nitro groups is 1. The van der Waals surface area contributed by atoms with E-state index in [1.165, 1.54) is 18.3 Å². The summed E-state index contributed by atoms with van der Waals surface area (Å²) in [4.78, 5) is 22.8. The molecule has 0 aliphatic heterocycles. The van der Waals surface area contributed by atoms with Crippen LogP contribution in [0, 0.1) is 10.1 Å². The van der Waals surface area contributed by atoms with E-state index in [-0.39, 0.29) is 12.1 Å². The summed E-state index contributed by atoms with van der Waals surface area (Å²) >= 11 is 9.43. The summed E-state index contributed by atoms with van der Waals surface area (Å²) in [6.07, 6.45) is 1.29. The second-order valence-electron chi connectivity index (χ2n) is 7.03. The predicted molar refractivity (Wildman–Crippen MR) is 134 cm³/mol. The fourth-order valence-corrected chi connectivity index (χ4v) is 3.73. The van der Waals surface area contributed by atoms with Gasteiger partial charge in [0.15, 0.2) is 11.5 Å². The normalized spacial score (nSPS) is 10.8. The highest BCUT2D eigenvalue weighted by atomic mass is 79.9. The van der Waals surface area contributed by atoms with Crippen molar-refractivity contribution in [2.45, 2.75) is 20.0 Å². The average Bonchev–Trinajstić information content (AvgIpc) is 2.80. The minimum Gasteiger partial charge on any atom is -0.490 e. The number of benzene rings is 3. The van der Waals surface area contributed by atoms with Crippen LogP contribution in [0.1, 0.15) is 23.6 Å². The lowest BCUT2D eigenvalue weighted by Crippen LogP contribution is -2.20. The van der Waals surface area contributed by atoms with Gasteiger partial charge in [0.05, 0.1) is 28.6 Å². The van der Waals surface area contributed by atoms with Gasteiger partial charge in [-0.3, -0.25) is 14.9 Å². The van der Waals surface area contributed by atoms with Crippen molar-refractivity contribution < 1.29 is 19.2 Å². The van der Waals surface area contributed by atoms with Gasteiger partial charge in [0.25, 0.3) is 5.69 Å². The summed E-state index contributed by atoms with van der Waals surface area (Å²) in [6.45, 7) is 2.61. The molecule has 0 spiro atoms. The van der Waals surface area contributed by atoms with Crippen LogP contribution in [-0.2, 0) is 17.8 Å². The third kappa shape index (κ3) is 7.03. The number of carbonyl (C=O) groups is 1. The van der Waals surface area contributed by atoms with E-state index in [4.69, 9.17) is 21.1 Å². The van der Waals surface area contributed by atoms with Crippen LogP contribution in [0.4, 0.5) is 5.69 Å². The summed E-state index contributed by atoms with van der Waals surface area (Å²) in [5.41, 5.74) is 4.19. The Morgan fingerprint density at radius 3 is 2.62 bits per heavy atom. The predicted octanol–water partition coefficient (Wildman–Crippen LogP) is 5.68. The number of halogens is 2. The molecule has 0 unspecified atom stereocenters. The highest BCUT2D eigenvalue weighted by Gasteiger charge is 2.15. The molecule has 1 N–H and O–H groups in total. The lowest BCUT2D eigenvalue weighted by atomic mass is 10.1. The maximum atomic E-state index is 12.2. The highest BCUT2D eigenvalue weighted by molar-refractivity contribution is 9.10. The first-order valence-electron chi connectivity index (χ1n) is 10.2. The molecule has 0 saturated carbocycles. The standard InChI is InChI=1S/C24H21BrClN3O5/c1-2-33-22-12-17(11-20(25)24(22)34-15-16-7-9-19(26)10-8-16)14-27-28-23(30)13-18-5-3-4-6-21(18)29(31)32/h3-12,14H,2,13,15H2,1H3,(H,28,30)/b27-14+. The van der Waals surface area contributed by atoms with Crippen molar-refractivity contribution in [3.05, 3.63) is 97.0 Å². The third-order valence-corrected chi connectivity index (χ3v) is 5.41. The molecule has 1 amide bonds. The second kappa shape index (κ2) is 12.2. The van der Waals surface area contributed by atoms with Gasteiger partial charge in [0.2, 0.25) is 5.91 Å². The Bertz CT molecular complexity index is 1200. The van der Waals surface area contributed by atoms with Crippen molar-refractivity contribution in [1.82, 2.24) is 5.43 Å². The lowest BCUT2D eigenvalue weighted by molar-refractivity contribution is -0.385. The molecule has 8 nitrogen and oxygen atoms in total. The van der Waals surface area contributed by atoms with Crippen LogP contribution in [0.15, 0.2) is 70.2 Å². The van der Waals surface area contributed by atoms with E-state index in [1.54, 1.807) is 36.4 Å². The number of amides is 1. The van der Waals surface area contributed by atoms with Gasteiger partial charge < -0.3 is 9.47 Å². The molecule has 3 rings (SSSR count). The van der Waals surface area contributed by atoms with Gasteiger partial charge in [-0.15, -0.1) is 0 Å². The highest BCUT2D eigenvalue weighted by Crippen LogP contribution is 2.37. The molecule has 10 heteroatoms. The molecule has 176 valence electrons. The number of nitro benzene ring substituents is 1. The van der Waals surface area contributed by atoms with E-state index in [9.17, 15) is 14.9 Å². The van der Waals surface area contributed by atoms with E-state index in [0.29, 0.717) is 45.3 Å². The molecule has 34 heavy (non-hydrogen) atoms. The molecular weight excluding hydrogens is 526 g/mol. The van der Waals surface area contributed by atoms with Crippen LogP contribution < -0.4 is 14.9 Å². The zero-order valence-corrected chi connectivity index (χ0v) is 20.5. The van der Waals surface area contributed by atoms with Gasteiger partial charge in [0.1, 0.15) is 6.61 Å². The van der Waals surface area contributed by atoms with Gasteiger partial charge in [-0.05, 0) is 58.2 Å². The van der Waals surface area contributed by atoms with E-state index in [1.807, 2.05) is 19.1 Å². The largest absolute Gasteiger partial charge is 0.490 e. The molecule has 0 aromatic heterocycles. The smallest absolute Gasteiger partial charge is 0.273 e. The van der Waals surface area contributed by atoms with Gasteiger partial charge in [0, 0.05) is 16.7 Å². The van der Waals surface area contributed by atoms with E-state index < -0.39 is 10.8 Å². The molecule has 0 radical (unpaired) electrons. The lowest BCUT2D eigenvalue weighted by Gasteiger charge is -2.14. The maximum absolute atomic E-state index is 12.2. The first kappa shape index (κ1) is 25.2. The SMILES string of the molecule is CCOc1cc(/C=N/NC(=O)Cc2ccccc2[N+](=O)[O-])cc(Br)c1OCc1ccc(Cl)cc1. The number of hydrogen-bond acceptors (Lipinski definition) is 6. The van der Waals surface area contributed by atoms with Crippen LogP contribution in [-0.4, -0.2) is 23.7 Å². The van der Waals surface area contributed by atoms with Crippen LogP contribution in [0.5, 0.6) is 11.5 Å². The van der Waals surface area contributed by atoms with Crippen molar-refractivity contribution in [2.75, 3.05) is 6.61 Å². The third-order valence-electron chi connectivity index (χ3n) is 4.57. The molecule has 0 saturated heterocycles. The summed E-state index contributed by atoms with van der Waals surface area (Å²) in [6, 6.07) is 16.9. The van der Waals surface area contributed by atoms with Crippen molar-refractivity contribution in [3.63, 3.8) is 0 Å². The van der Waals surface area contributed by atoms with Crippen LogP contribution in [0.25, 0.3) is 0 Å². The molecule has 3 aromatic rings. The molecule has 0 heterocycles. The fraction of sp³-hybridized carbons (Fsp3) is 0.167. The van der Waals surface area contributed by atoms with Gasteiger partial charge in [-0.1, -0.05) is 41.9 Å². The second-order valence-corrected chi connectivity index (χ2v) is 8.32. The number of hydrazone groups is 1. The minimum absolute atomic E-state index is 0.110. The Kier molecular flexibility index (Phi) is 9.00. The number of ether oxygens (including phenoxy) is 2. The fourth-order valence-electron chi connectivity index (χ4n) is 3.03. The van der Waals surface area contributed by atoms with E-state index >= 15 is 0 Å². The molecule has 0 bridgehead atoms. The topological polar surface area (TPSA) is 103 Å². The minimum atomic E-state index is -0.519. The number of nitrogens with zero attached hydrogens (tertiary/aromatic N) is 2. The number of carbonyl (C=O) groups excluding carboxylic acids is 1. The Labute approximate surface area is 209 Å². The maximum Gasteiger partial charge on any atom is 0.273 e. The van der Waals surface area contributed by atoms with Crippen molar-refractivity contribution in [2.24, 2.45) is 5.10 Å². The Balaban J connectivity index is 1.67. The monoisotopic (exact) mass is 545 g/mol. The number of nitrogens with one attached hydrogen (secondary N) is 1. The molecule has 0 aliphatic carbocycles. The number of hydrogen-bond donors (Lipinski definition) is 1. The molecule has 0 fully saturated rings. The molecule has 3 aromatic carbocycles. The average molecular weight is 547 g/mol. The molecule has 0 aliphatic rings. The number of para-hydroxylation sites is 1. The summed E-state index contributed by atoms with van der Waals surface area (Å²) in [5, 5.41) is 15.7.